The van der Waals surface area contributed by atoms with E-state index in [-0.39, 0.29) is 11.2 Å². The number of rotatable bonds is 6. The average molecular weight is 367 g/mol. The van der Waals surface area contributed by atoms with E-state index in [1.165, 1.54) is 11.8 Å². The Morgan fingerprint density at radius 2 is 1.96 bits per heavy atom. The smallest absolute Gasteiger partial charge is 0.240 e. The van der Waals surface area contributed by atoms with Gasteiger partial charge in [-0.3, -0.25) is 9.78 Å². The summed E-state index contributed by atoms with van der Waals surface area (Å²) in [6.45, 7) is 4.50. The van der Waals surface area contributed by atoms with Gasteiger partial charge in [0.25, 0.3) is 0 Å². The van der Waals surface area contributed by atoms with Crippen molar-refractivity contribution in [1.29, 1.82) is 0 Å². The van der Waals surface area contributed by atoms with Crippen molar-refractivity contribution >= 4 is 23.4 Å². The molecule has 0 unspecified atom stereocenters. The minimum absolute atomic E-state index is 0.0506. The van der Waals surface area contributed by atoms with Gasteiger partial charge < -0.3 is 9.47 Å². The van der Waals surface area contributed by atoms with E-state index in [1.54, 1.807) is 17.3 Å². The monoisotopic (exact) mass is 367 g/mol. The Morgan fingerprint density at radius 3 is 2.62 bits per heavy atom. The molecule has 1 amide bonds. The number of nitrogens with zero attached hydrogens (tertiary/aromatic N) is 5. The topological polar surface area (TPSA) is 63.9 Å². The summed E-state index contributed by atoms with van der Waals surface area (Å²) in [6.07, 6.45) is 3.47. The average Bonchev–Trinajstić information content (AvgIpc) is 3.04. The largest absolute Gasteiger partial charge is 0.312 e. The second kappa shape index (κ2) is 8.14. The van der Waals surface area contributed by atoms with Gasteiger partial charge in [0.05, 0.1) is 5.25 Å². The first-order valence-corrected chi connectivity index (χ1v) is 9.32. The van der Waals surface area contributed by atoms with Crippen LogP contribution in [0.1, 0.15) is 13.8 Å². The number of anilines is 1. The molecule has 0 aliphatic heterocycles. The number of carbonyl (C=O) groups is 1. The highest BCUT2D eigenvalue weighted by atomic mass is 32.2. The van der Waals surface area contributed by atoms with Crippen molar-refractivity contribution in [3.8, 4) is 11.4 Å². The minimum Gasteiger partial charge on any atom is -0.312 e. The van der Waals surface area contributed by atoms with Crippen molar-refractivity contribution in [2.45, 2.75) is 24.3 Å². The summed E-state index contributed by atoms with van der Waals surface area (Å²) >= 11 is 1.41. The summed E-state index contributed by atoms with van der Waals surface area (Å²) in [7, 11) is 1.90. The molecule has 0 saturated carbocycles. The molecule has 0 N–H and O–H groups in total. The minimum atomic E-state index is -0.278. The van der Waals surface area contributed by atoms with Crippen LogP contribution in [0, 0.1) is 0 Å². The van der Waals surface area contributed by atoms with Crippen molar-refractivity contribution in [1.82, 2.24) is 19.7 Å². The molecule has 26 heavy (non-hydrogen) atoms. The molecule has 3 aromatic rings. The molecule has 2 heterocycles. The number of benzene rings is 1. The summed E-state index contributed by atoms with van der Waals surface area (Å²) in [5.74, 6) is 0.783. The van der Waals surface area contributed by atoms with Crippen LogP contribution in [-0.2, 0) is 11.8 Å². The SMILES string of the molecule is CCN(C(=O)[C@H](C)Sc1nnc(-c2cccnc2)n1C)c1ccccc1. The van der Waals surface area contributed by atoms with Crippen LogP contribution in [0.4, 0.5) is 5.69 Å². The maximum absolute atomic E-state index is 12.9. The highest BCUT2D eigenvalue weighted by molar-refractivity contribution is 8.00. The fourth-order valence-corrected chi connectivity index (χ4v) is 3.54. The molecule has 7 heteroatoms. The van der Waals surface area contributed by atoms with Gasteiger partial charge in [0, 0.05) is 37.2 Å². The van der Waals surface area contributed by atoms with E-state index in [2.05, 4.69) is 15.2 Å². The van der Waals surface area contributed by atoms with Gasteiger partial charge in [0.2, 0.25) is 5.91 Å². The zero-order chi connectivity index (χ0) is 18.5. The molecule has 0 aliphatic rings. The van der Waals surface area contributed by atoms with Crippen LogP contribution in [0.2, 0.25) is 0 Å². The Labute approximate surface area is 157 Å². The molecule has 6 nitrogen and oxygen atoms in total. The Kier molecular flexibility index (Phi) is 5.68. The molecule has 134 valence electrons. The van der Waals surface area contributed by atoms with Gasteiger partial charge in [0.15, 0.2) is 11.0 Å². The lowest BCUT2D eigenvalue weighted by molar-refractivity contribution is -0.117. The first-order valence-electron chi connectivity index (χ1n) is 8.44. The zero-order valence-electron chi connectivity index (χ0n) is 15.0. The predicted octanol–water partition coefficient (Wildman–Crippen LogP) is 3.41. The lowest BCUT2D eigenvalue weighted by atomic mass is 10.2. The number of thioether (sulfide) groups is 1. The lowest BCUT2D eigenvalue weighted by Crippen LogP contribution is -2.36. The van der Waals surface area contributed by atoms with Crippen LogP contribution in [0.3, 0.4) is 0 Å². The van der Waals surface area contributed by atoms with E-state index < -0.39 is 0 Å². The van der Waals surface area contributed by atoms with E-state index in [0.29, 0.717) is 11.7 Å². The van der Waals surface area contributed by atoms with Gasteiger partial charge in [-0.15, -0.1) is 10.2 Å². The number of aromatic nitrogens is 4. The van der Waals surface area contributed by atoms with Crippen LogP contribution < -0.4 is 4.90 Å². The number of carbonyl (C=O) groups excluding carboxylic acids is 1. The van der Waals surface area contributed by atoms with E-state index >= 15 is 0 Å². The Bertz CT molecular complexity index is 866. The quantitative estimate of drug-likeness (QED) is 0.625. The first kappa shape index (κ1) is 18.1. The Hall–Kier alpha value is -2.67. The van der Waals surface area contributed by atoms with Crippen LogP contribution in [0.15, 0.2) is 60.0 Å². The molecule has 0 saturated heterocycles. The molecule has 1 atom stereocenters. The van der Waals surface area contributed by atoms with Gasteiger partial charge in [-0.2, -0.15) is 0 Å². The summed E-state index contributed by atoms with van der Waals surface area (Å²) in [6, 6.07) is 13.5. The highest BCUT2D eigenvalue weighted by Gasteiger charge is 2.24. The van der Waals surface area contributed by atoms with Crippen molar-refractivity contribution in [3.63, 3.8) is 0 Å². The third kappa shape index (κ3) is 3.77. The molecule has 0 spiro atoms. The molecule has 0 aliphatic carbocycles. The van der Waals surface area contributed by atoms with Crippen LogP contribution in [-0.4, -0.2) is 37.5 Å². The number of hydrogen-bond acceptors (Lipinski definition) is 5. The van der Waals surface area contributed by atoms with E-state index in [9.17, 15) is 4.79 Å². The number of amides is 1. The van der Waals surface area contributed by atoms with Crippen molar-refractivity contribution in [2.75, 3.05) is 11.4 Å². The van der Waals surface area contributed by atoms with Crippen LogP contribution in [0.5, 0.6) is 0 Å². The molecular formula is C19H21N5OS. The van der Waals surface area contributed by atoms with Gasteiger partial charge in [-0.05, 0) is 38.1 Å². The second-order valence-corrected chi connectivity index (χ2v) is 7.09. The maximum atomic E-state index is 12.9. The van der Waals surface area contributed by atoms with E-state index in [0.717, 1.165) is 17.1 Å². The summed E-state index contributed by atoms with van der Waals surface area (Å²) in [5.41, 5.74) is 1.80. The van der Waals surface area contributed by atoms with Crippen molar-refractivity contribution in [3.05, 3.63) is 54.9 Å². The standard InChI is InChI=1S/C19H21N5OS/c1-4-24(16-10-6-5-7-11-16)18(25)14(2)26-19-22-21-17(23(19)3)15-9-8-12-20-13-15/h5-14H,4H2,1-3H3/t14-/m0/s1. The molecule has 0 bridgehead atoms. The lowest BCUT2D eigenvalue weighted by Gasteiger charge is -2.24. The summed E-state index contributed by atoms with van der Waals surface area (Å²) < 4.78 is 1.89. The number of pyridine rings is 1. The summed E-state index contributed by atoms with van der Waals surface area (Å²) in [4.78, 5) is 18.8. The van der Waals surface area contributed by atoms with Gasteiger partial charge in [-0.1, -0.05) is 30.0 Å². The fourth-order valence-electron chi connectivity index (χ4n) is 2.67. The van der Waals surface area contributed by atoms with E-state index in [4.69, 9.17) is 0 Å². The Morgan fingerprint density at radius 1 is 1.19 bits per heavy atom. The highest BCUT2D eigenvalue weighted by Crippen LogP contribution is 2.27. The zero-order valence-corrected chi connectivity index (χ0v) is 15.8. The van der Waals surface area contributed by atoms with Gasteiger partial charge in [-0.25, -0.2) is 0 Å². The molecule has 2 aromatic heterocycles. The molecule has 0 radical (unpaired) electrons. The maximum Gasteiger partial charge on any atom is 0.240 e. The summed E-state index contributed by atoms with van der Waals surface area (Å²) in [5, 5.41) is 8.92. The van der Waals surface area contributed by atoms with Crippen molar-refractivity contribution < 1.29 is 4.79 Å². The second-order valence-electron chi connectivity index (χ2n) is 5.79. The molecule has 1 aromatic carbocycles. The predicted molar refractivity (Wildman–Crippen MR) is 104 cm³/mol. The van der Waals surface area contributed by atoms with Crippen LogP contribution in [0.25, 0.3) is 11.4 Å². The molecule has 3 rings (SSSR count). The molecule has 0 fully saturated rings. The van der Waals surface area contributed by atoms with Gasteiger partial charge >= 0.3 is 0 Å². The number of hydrogen-bond donors (Lipinski definition) is 0. The molecular weight excluding hydrogens is 346 g/mol. The normalized spacial score (nSPS) is 12.0. The van der Waals surface area contributed by atoms with Crippen molar-refractivity contribution in [2.24, 2.45) is 7.05 Å². The van der Waals surface area contributed by atoms with Crippen LogP contribution >= 0.6 is 11.8 Å². The first-order chi connectivity index (χ1) is 12.6. The third-order valence-electron chi connectivity index (χ3n) is 4.03. The third-order valence-corrected chi connectivity index (χ3v) is 5.16. The van der Waals surface area contributed by atoms with E-state index in [1.807, 2.05) is 67.9 Å². The van der Waals surface area contributed by atoms with Gasteiger partial charge in [0.1, 0.15) is 0 Å². The fraction of sp³-hybridized carbons (Fsp3) is 0.263. The number of para-hydroxylation sites is 1. The Balaban J connectivity index is 1.76.